The quantitative estimate of drug-likeness (QED) is 0.535. The number of halogens is 2. The van der Waals surface area contributed by atoms with Crippen molar-refractivity contribution in [3.05, 3.63) is 77.4 Å². The van der Waals surface area contributed by atoms with E-state index < -0.39 is 11.7 Å². The molecule has 0 atom stereocenters. The van der Waals surface area contributed by atoms with Gasteiger partial charge in [-0.05, 0) is 48.4 Å². The zero-order chi connectivity index (χ0) is 24.1. The van der Waals surface area contributed by atoms with Gasteiger partial charge >= 0.3 is 0 Å². The lowest BCUT2D eigenvalue weighted by Crippen LogP contribution is -2.36. The van der Waals surface area contributed by atoms with Crippen molar-refractivity contribution < 1.29 is 23.0 Å². The number of aryl methyl sites for hydroxylation is 1. The van der Waals surface area contributed by atoms with Crippen molar-refractivity contribution >= 4 is 17.7 Å². The highest BCUT2D eigenvalue weighted by Gasteiger charge is 2.16. The van der Waals surface area contributed by atoms with Gasteiger partial charge in [0.15, 0.2) is 5.83 Å². The molecule has 1 aromatic heterocycles. The largest absolute Gasteiger partial charge is 0.495 e. The van der Waals surface area contributed by atoms with Crippen molar-refractivity contribution in [3.63, 3.8) is 0 Å². The Labute approximate surface area is 196 Å². The van der Waals surface area contributed by atoms with Crippen molar-refractivity contribution in [1.82, 2.24) is 14.9 Å². The highest BCUT2D eigenvalue weighted by atomic mass is 19.1. The molecule has 4 rings (SSSR count). The minimum atomic E-state index is -0.941. The molecule has 1 fully saturated rings. The summed E-state index contributed by atoms with van der Waals surface area (Å²) in [6.45, 7) is 4.19. The van der Waals surface area contributed by atoms with Gasteiger partial charge in [0.05, 0.1) is 43.7 Å². The minimum absolute atomic E-state index is 0.0694. The van der Waals surface area contributed by atoms with Gasteiger partial charge in [-0.2, -0.15) is 0 Å². The number of carbonyl (C=O) groups excluding carboxylic acids is 1. The first kappa shape index (κ1) is 23.4. The van der Waals surface area contributed by atoms with Crippen molar-refractivity contribution in [3.8, 4) is 11.4 Å². The summed E-state index contributed by atoms with van der Waals surface area (Å²) in [5.74, 6) is -1.62. The van der Waals surface area contributed by atoms with Crippen LogP contribution in [0.3, 0.4) is 0 Å². The molecule has 0 spiro atoms. The monoisotopic (exact) mass is 468 g/mol. The standard InChI is InChI=1S/C25H26F2N4O3/c1-17-15-31(16-29-17)22-6-4-18(13-24(22)33-2)11-21(27)25(32)28-14-19-3-5-20(26)23(12-19)30-7-9-34-10-8-30/h3-6,11-13,15-16H,7-10,14H2,1-2H3,(H,28,32). The lowest BCUT2D eigenvalue weighted by Gasteiger charge is -2.29. The Kier molecular flexibility index (Phi) is 7.22. The molecule has 0 radical (unpaired) electrons. The van der Waals surface area contributed by atoms with Crippen LogP contribution in [0.15, 0.2) is 54.7 Å². The van der Waals surface area contributed by atoms with Crippen LogP contribution in [0.2, 0.25) is 0 Å². The third kappa shape index (κ3) is 5.43. The van der Waals surface area contributed by atoms with Crippen LogP contribution in [-0.2, 0) is 16.1 Å². The van der Waals surface area contributed by atoms with Gasteiger partial charge in [0.1, 0.15) is 11.6 Å². The Balaban J connectivity index is 1.43. The number of hydrogen-bond acceptors (Lipinski definition) is 5. The van der Waals surface area contributed by atoms with Gasteiger partial charge in [0.2, 0.25) is 0 Å². The maximum atomic E-state index is 14.6. The fourth-order valence-electron chi connectivity index (χ4n) is 3.74. The molecule has 7 nitrogen and oxygen atoms in total. The van der Waals surface area contributed by atoms with Crippen LogP contribution in [-0.4, -0.2) is 48.9 Å². The summed E-state index contributed by atoms with van der Waals surface area (Å²) < 4.78 is 41.4. The number of nitrogens with zero attached hydrogens (tertiary/aromatic N) is 3. The lowest BCUT2D eigenvalue weighted by atomic mass is 10.1. The number of amides is 1. The topological polar surface area (TPSA) is 68.6 Å². The number of ether oxygens (including phenoxy) is 2. The summed E-state index contributed by atoms with van der Waals surface area (Å²) in [6, 6.07) is 9.70. The first-order valence-electron chi connectivity index (χ1n) is 10.9. The number of benzene rings is 2. The maximum Gasteiger partial charge on any atom is 0.280 e. The van der Waals surface area contributed by atoms with Gasteiger partial charge in [-0.3, -0.25) is 4.79 Å². The molecule has 9 heteroatoms. The molecule has 1 saturated heterocycles. The Morgan fingerprint density at radius 1 is 1.21 bits per heavy atom. The molecule has 1 N–H and O–H groups in total. The molecular formula is C25H26F2N4O3. The predicted molar refractivity (Wildman–Crippen MR) is 125 cm³/mol. The van der Waals surface area contributed by atoms with Gasteiger partial charge in [0, 0.05) is 25.8 Å². The number of anilines is 1. The Hall–Kier alpha value is -3.72. The maximum absolute atomic E-state index is 14.6. The second-order valence-electron chi connectivity index (χ2n) is 7.91. The number of aromatic nitrogens is 2. The molecule has 2 heterocycles. The zero-order valence-corrected chi connectivity index (χ0v) is 19.1. The van der Waals surface area contributed by atoms with Crippen LogP contribution in [0.4, 0.5) is 14.5 Å². The fourth-order valence-corrected chi connectivity index (χ4v) is 3.74. The fraction of sp³-hybridized carbons (Fsp3) is 0.280. The zero-order valence-electron chi connectivity index (χ0n) is 19.1. The molecule has 0 saturated carbocycles. The smallest absolute Gasteiger partial charge is 0.280 e. The summed E-state index contributed by atoms with van der Waals surface area (Å²) in [5, 5.41) is 2.55. The summed E-state index contributed by atoms with van der Waals surface area (Å²) >= 11 is 0. The molecule has 1 aliphatic rings. The van der Waals surface area contributed by atoms with E-state index in [-0.39, 0.29) is 12.4 Å². The Morgan fingerprint density at radius 2 is 2.00 bits per heavy atom. The van der Waals surface area contributed by atoms with Gasteiger partial charge in [0.25, 0.3) is 5.91 Å². The second kappa shape index (κ2) is 10.5. The molecule has 0 aliphatic carbocycles. The number of carbonyl (C=O) groups is 1. The van der Waals surface area contributed by atoms with Gasteiger partial charge in [-0.15, -0.1) is 0 Å². The van der Waals surface area contributed by atoms with Crippen molar-refractivity contribution in [2.75, 3.05) is 38.3 Å². The van der Waals surface area contributed by atoms with Crippen LogP contribution in [0, 0.1) is 12.7 Å². The molecule has 1 amide bonds. The molecule has 1 aliphatic heterocycles. The lowest BCUT2D eigenvalue weighted by molar-refractivity contribution is -0.118. The van der Waals surface area contributed by atoms with Crippen molar-refractivity contribution in [2.24, 2.45) is 0 Å². The minimum Gasteiger partial charge on any atom is -0.495 e. The molecular weight excluding hydrogens is 442 g/mol. The van der Waals surface area contributed by atoms with Crippen molar-refractivity contribution in [2.45, 2.75) is 13.5 Å². The van der Waals surface area contributed by atoms with E-state index in [1.807, 2.05) is 18.0 Å². The third-order valence-corrected chi connectivity index (χ3v) is 5.52. The van der Waals surface area contributed by atoms with Crippen LogP contribution >= 0.6 is 0 Å². The van der Waals surface area contributed by atoms with Crippen LogP contribution in [0.25, 0.3) is 11.8 Å². The molecule has 178 valence electrons. The number of methoxy groups -OCH3 is 1. The average Bonchev–Trinajstić information content (AvgIpc) is 3.29. The Morgan fingerprint density at radius 3 is 2.71 bits per heavy atom. The molecule has 34 heavy (non-hydrogen) atoms. The van der Waals surface area contributed by atoms with Crippen LogP contribution in [0.1, 0.15) is 16.8 Å². The van der Waals surface area contributed by atoms with E-state index in [9.17, 15) is 13.6 Å². The number of rotatable bonds is 7. The summed E-state index contributed by atoms with van der Waals surface area (Å²) in [5.41, 5.74) is 3.20. The first-order valence-corrected chi connectivity index (χ1v) is 10.9. The predicted octanol–water partition coefficient (Wildman–Crippen LogP) is 3.79. The SMILES string of the molecule is COc1cc(C=C(F)C(=O)NCc2ccc(F)c(N3CCOCC3)c2)ccc1-n1cnc(C)c1. The van der Waals surface area contributed by atoms with Gasteiger partial charge < -0.3 is 24.3 Å². The van der Waals surface area contributed by atoms with E-state index in [4.69, 9.17) is 9.47 Å². The summed E-state index contributed by atoms with van der Waals surface area (Å²) in [4.78, 5) is 18.4. The highest BCUT2D eigenvalue weighted by molar-refractivity contribution is 5.95. The number of hydrogen-bond donors (Lipinski definition) is 1. The van der Waals surface area contributed by atoms with Gasteiger partial charge in [-0.1, -0.05) is 12.1 Å². The van der Waals surface area contributed by atoms with E-state index in [0.717, 1.165) is 17.5 Å². The first-order chi connectivity index (χ1) is 16.4. The van der Waals surface area contributed by atoms with E-state index in [2.05, 4.69) is 10.3 Å². The molecule has 3 aromatic rings. The average molecular weight is 469 g/mol. The van der Waals surface area contributed by atoms with E-state index >= 15 is 0 Å². The van der Waals surface area contributed by atoms with Gasteiger partial charge in [-0.25, -0.2) is 13.8 Å². The summed E-state index contributed by atoms with van der Waals surface area (Å²) in [6.07, 6.45) is 4.66. The molecule has 0 unspecified atom stereocenters. The van der Waals surface area contributed by atoms with E-state index in [0.29, 0.717) is 48.9 Å². The number of nitrogens with one attached hydrogen (secondary N) is 1. The van der Waals surface area contributed by atoms with E-state index in [1.165, 1.54) is 13.2 Å². The normalized spacial score (nSPS) is 14.2. The highest BCUT2D eigenvalue weighted by Crippen LogP contribution is 2.26. The van der Waals surface area contributed by atoms with Crippen molar-refractivity contribution in [1.29, 1.82) is 0 Å². The van der Waals surface area contributed by atoms with Crippen LogP contribution in [0.5, 0.6) is 5.75 Å². The second-order valence-corrected chi connectivity index (χ2v) is 7.91. The van der Waals surface area contributed by atoms with E-state index in [1.54, 1.807) is 41.2 Å². The number of morpholine rings is 1. The van der Waals surface area contributed by atoms with Crippen LogP contribution < -0.4 is 15.0 Å². The number of imidazole rings is 1. The molecule has 2 aromatic carbocycles. The summed E-state index contributed by atoms with van der Waals surface area (Å²) in [7, 11) is 1.52. The Bertz CT molecular complexity index is 1200. The third-order valence-electron chi connectivity index (χ3n) is 5.52. The molecule has 0 bridgehead atoms.